The van der Waals surface area contributed by atoms with Crippen molar-refractivity contribution in [3.63, 3.8) is 0 Å². The van der Waals surface area contributed by atoms with Gasteiger partial charge in [-0.05, 0) is 38.1 Å². The number of hydrogen-bond acceptors (Lipinski definition) is 6. The standard InChI is InChI=1S/C18H19FN6O/c1-20-12-2-3-15(14(19)10-12)24-17-16-18(23-11-22-17)25(8-9-26-16)13-4-6-21-7-5-13/h2-3,10-11,13,21H,4-9H2,(H,22,23,24). The fraction of sp³-hybridized carbons (Fsp3) is 0.389. The van der Waals surface area contributed by atoms with Crippen molar-refractivity contribution in [1.29, 1.82) is 0 Å². The fourth-order valence-electron chi connectivity index (χ4n) is 3.42. The molecule has 2 N–H and O–H groups in total. The Hall–Kier alpha value is -2.92. The maximum atomic E-state index is 14.2. The van der Waals surface area contributed by atoms with E-state index in [0.717, 1.165) is 38.3 Å². The van der Waals surface area contributed by atoms with Gasteiger partial charge in [-0.2, -0.15) is 0 Å². The number of benzene rings is 1. The average Bonchev–Trinajstić information content (AvgIpc) is 2.70. The molecule has 1 saturated heterocycles. The Balaban J connectivity index is 1.64. The zero-order chi connectivity index (χ0) is 17.9. The summed E-state index contributed by atoms with van der Waals surface area (Å²) in [5.74, 6) is 1.23. The highest BCUT2D eigenvalue weighted by molar-refractivity contribution is 5.72. The van der Waals surface area contributed by atoms with E-state index in [1.165, 1.54) is 18.5 Å². The summed E-state index contributed by atoms with van der Waals surface area (Å²) in [5.41, 5.74) is 0.506. The van der Waals surface area contributed by atoms with Gasteiger partial charge in [0, 0.05) is 6.04 Å². The van der Waals surface area contributed by atoms with Crippen LogP contribution in [0.25, 0.3) is 4.85 Å². The topological polar surface area (TPSA) is 66.7 Å². The third-order valence-electron chi connectivity index (χ3n) is 4.72. The molecule has 1 fully saturated rings. The van der Waals surface area contributed by atoms with Crippen molar-refractivity contribution in [3.8, 4) is 5.75 Å². The number of piperidine rings is 1. The molecule has 0 aliphatic carbocycles. The molecule has 0 bridgehead atoms. The van der Waals surface area contributed by atoms with E-state index in [0.29, 0.717) is 24.2 Å². The first-order valence-electron chi connectivity index (χ1n) is 8.65. The van der Waals surface area contributed by atoms with E-state index in [1.807, 2.05) is 0 Å². The number of aromatic nitrogens is 2. The molecule has 2 aliphatic heterocycles. The van der Waals surface area contributed by atoms with E-state index in [-0.39, 0.29) is 11.4 Å². The molecule has 134 valence electrons. The van der Waals surface area contributed by atoms with E-state index < -0.39 is 5.82 Å². The zero-order valence-electron chi connectivity index (χ0n) is 14.2. The highest BCUT2D eigenvalue weighted by Crippen LogP contribution is 2.38. The van der Waals surface area contributed by atoms with Crippen molar-refractivity contribution in [2.24, 2.45) is 0 Å². The summed E-state index contributed by atoms with van der Waals surface area (Å²) < 4.78 is 20.0. The monoisotopic (exact) mass is 354 g/mol. The van der Waals surface area contributed by atoms with E-state index in [4.69, 9.17) is 11.3 Å². The van der Waals surface area contributed by atoms with Crippen molar-refractivity contribution >= 4 is 23.0 Å². The van der Waals surface area contributed by atoms with Crippen molar-refractivity contribution < 1.29 is 9.13 Å². The second kappa shape index (κ2) is 7.14. The number of nitrogens with zero attached hydrogens (tertiary/aromatic N) is 4. The van der Waals surface area contributed by atoms with Gasteiger partial charge >= 0.3 is 0 Å². The Labute approximate surface area is 151 Å². The van der Waals surface area contributed by atoms with Gasteiger partial charge in [-0.1, -0.05) is 6.07 Å². The van der Waals surface area contributed by atoms with Crippen molar-refractivity contribution in [2.45, 2.75) is 18.9 Å². The quantitative estimate of drug-likeness (QED) is 0.827. The van der Waals surface area contributed by atoms with Crippen LogP contribution in [0.15, 0.2) is 24.5 Å². The van der Waals surface area contributed by atoms with Gasteiger partial charge in [-0.3, -0.25) is 0 Å². The summed E-state index contributed by atoms with van der Waals surface area (Å²) in [5, 5.41) is 6.35. The van der Waals surface area contributed by atoms with Gasteiger partial charge in [0.1, 0.15) is 18.8 Å². The predicted octanol–water partition coefficient (Wildman–Crippen LogP) is 2.86. The van der Waals surface area contributed by atoms with E-state index in [2.05, 4.69) is 30.3 Å². The number of nitrogens with one attached hydrogen (secondary N) is 2. The van der Waals surface area contributed by atoms with Crippen LogP contribution < -0.4 is 20.3 Å². The van der Waals surface area contributed by atoms with Crippen LogP contribution in [0, 0.1) is 12.4 Å². The summed E-state index contributed by atoms with van der Waals surface area (Å²) in [7, 11) is 0. The van der Waals surface area contributed by atoms with Gasteiger partial charge in [0.05, 0.1) is 18.8 Å². The van der Waals surface area contributed by atoms with Crippen molar-refractivity contribution in [2.75, 3.05) is 36.5 Å². The van der Waals surface area contributed by atoms with Crippen LogP contribution in [-0.4, -0.2) is 42.3 Å². The van der Waals surface area contributed by atoms with Crippen LogP contribution in [0.3, 0.4) is 0 Å². The summed E-state index contributed by atoms with van der Waals surface area (Å²) in [6.45, 7) is 10.3. The first-order valence-corrected chi connectivity index (χ1v) is 8.65. The summed E-state index contributed by atoms with van der Waals surface area (Å²) in [4.78, 5) is 14.2. The normalized spacial score (nSPS) is 17.2. The van der Waals surface area contributed by atoms with Crippen LogP contribution in [0.1, 0.15) is 12.8 Å². The van der Waals surface area contributed by atoms with Crippen LogP contribution in [0.4, 0.5) is 27.4 Å². The van der Waals surface area contributed by atoms with Gasteiger partial charge < -0.3 is 20.3 Å². The molecule has 7 nitrogen and oxygen atoms in total. The minimum atomic E-state index is -0.503. The molecule has 1 aromatic heterocycles. The lowest BCUT2D eigenvalue weighted by Gasteiger charge is -2.38. The third kappa shape index (κ3) is 3.13. The average molecular weight is 354 g/mol. The Kier molecular flexibility index (Phi) is 4.54. The van der Waals surface area contributed by atoms with E-state index in [9.17, 15) is 4.39 Å². The zero-order valence-corrected chi connectivity index (χ0v) is 14.2. The molecule has 8 heteroatoms. The van der Waals surface area contributed by atoms with Crippen LogP contribution in [-0.2, 0) is 0 Å². The Morgan fingerprint density at radius 3 is 2.92 bits per heavy atom. The molecular weight excluding hydrogens is 335 g/mol. The lowest BCUT2D eigenvalue weighted by molar-refractivity contribution is 0.288. The largest absolute Gasteiger partial charge is 0.485 e. The summed E-state index contributed by atoms with van der Waals surface area (Å²) >= 11 is 0. The van der Waals surface area contributed by atoms with Crippen LogP contribution in [0.2, 0.25) is 0 Å². The van der Waals surface area contributed by atoms with Gasteiger partial charge in [-0.25, -0.2) is 19.2 Å². The summed E-state index contributed by atoms with van der Waals surface area (Å²) in [6.07, 6.45) is 3.58. The maximum absolute atomic E-state index is 14.2. The van der Waals surface area contributed by atoms with Gasteiger partial charge in [0.2, 0.25) is 5.75 Å². The lowest BCUT2D eigenvalue weighted by atomic mass is 10.0. The summed E-state index contributed by atoms with van der Waals surface area (Å²) in [6, 6.07) is 4.71. The van der Waals surface area contributed by atoms with E-state index >= 15 is 0 Å². The molecule has 2 aliphatic rings. The first-order chi connectivity index (χ1) is 12.8. The Bertz CT molecular complexity index is 846. The Morgan fingerprint density at radius 1 is 1.31 bits per heavy atom. The molecule has 1 aromatic carbocycles. The molecule has 0 atom stereocenters. The molecule has 0 spiro atoms. The van der Waals surface area contributed by atoms with Crippen LogP contribution >= 0.6 is 0 Å². The predicted molar refractivity (Wildman–Crippen MR) is 96.7 cm³/mol. The SMILES string of the molecule is [C-]#[N+]c1ccc(Nc2ncnc3c2OCCN3C2CCNCC2)c(F)c1. The first kappa shape index (κ1) is 16.5. The second-order valence-electron chi connectivity index (χ2n) is 6.30. The lowest BCUT2D eigenvalue weighted by Crippen LogP contribution is -2.47. The number of anilines is 3. The molecule has 0 amide bonds. The molecule has 2 aromatic rings. The fourth-order valence-corrected chi connectivity index (χ4v) is 3.42. The minimum absolute atomic E-state index is 0.251. The van der Waals surface area contributed by atoms with Crippen molar-refractivity contribution in [3.05, 3.63) is 41.8 Å². The van der Waals surface area contributed by atoms with E-state index in [1.54, 1.807) is 6.07 Å². The van der Waals surface area contributed by atoms with Gasteiger partial charge in [0.15, 0.2) is 17.3 Å². The Morgan fingerprint density at radius 2 is 2.15 bits per heavy atom. The molecular formula is C18H19FN6O. The minimum Gasteiger partial charge on any atom is -0.485 e. The molecule has 26 heavy (non-hydrogen) atoms. The number of ether oxygens (including phenoxy) is 1. The van der Waals surface area contributed by atoms with Gasteiger partial charge in [0.25, 0.3) is 0 Å². The maximum Gasteiger partial charge on any atom is 0.205 e. The molecule has 3 heterocycles. The molecule has 0 unspecified atom stereocenters. The number of fused-ring (bicyclic) bond motifs is 1. The smallest absolute Gasteiger partial charge is 0.205 e. The number of halogens is 1. The molecule has 0 saturated carbocycles. The van der Waals surface area contributed by atoms with Gasteiger partial charge in [-0.15, -0.1) is 0 Å². The highest BCUT2D eigenvalue weighted by atomic mass is 19.1. The second-order valence-corrected chi connectivity index (χ2v) is 6.30. The highest BCUT2D eigenvalue weighted by Gasteiger charge is 2.30. The number of rotatable bonds is 3. The number of hydrogen-bond donors (Lipinski definition) is 2. The third-order valence-corrected chi connectivity index (χ3v) is 4.72. The van der Waals surface area contributed by atoms with Crippen molar-refractivity contribution in [1.82, 2.24) is 15.3 Å². The molecule has 4 rings (SSSR count). The molecule has 0 radical (unpaired) electrons. The van der Waals surface area contributed by atoms with Crippen LogP contribution in [0.5, 0.6) is 5.75 Å².